The van der Waals surface area contributed by atoms with Gasteiger partial charge in [0.1, 0.15) is 11.2 Å². The summed E-state index contributed by atoms with van der Waals surface area (Å²) in [6.45, 7) is 0. The largest absolute Gasteiger partial charge is 0.455 e. The van der Waals surface area contributed by atoms with E-state index in [-0.39, 0.29) is 76.3 Å². The van der Waals surface area contributed by atoms with Crippen LogP contribution >= 0.6 is 0 Å². The second-order valence-corrected chi connectivity index (χ2v) is 12.1. The van der Waals surface area contributed by atoms with Crippen molar-refractivity contribution in [2.45, 2.75) is 0 Å². The fourth-order valence-corrected chi connectivity index (χ4v) is 7.21. The molecule has 1 aromatic heterocycles. The van der Waals surface area contributed by atoms with Gasteiger partial charge in [-0.1, -0.05) is 158 Å². The Bertz CT molecular complexity index is 3360. The van der Waals surface area contributed by atoms with E-state index in [0.29, 0.717) is 33.0 Å². The molecule has 0 saturated carbocycles. The van der Waals surface area contributed by atoms with Crippen molar-refractivity contribution >= 4 is 54.3 Å². The Hall–Kier alpha value is -6.44. The lowest BCUT2D eigenvalue weighted by molar-refractivity contribution is 0.673. The van der Waals surface area contributed by atoms with Crippen LogP contribution in [0.15, 0.2) is 186 Å². The molecule has 0 bridgehead atoms. The zero-order valence-corrected chi connectivity index (χ0v) is 26.0. The quantitative estimate of drug-likeness (QED) is 0.176. The molecule has 0 aliphatic heterocycles. The number of rotatable bonds is 4. The Balaban J connectivity index is 1.26. The first-order valence-electron chi connectivity index (χ1n) is 21.0. The number of furan rings is 1. The summed E-state index contributed by atoms with van der Waals surface area (Å²) in [4.78, 5) is 0. The standard InChI is InChI=1S/C48H30O/c1-3-14-31(15-4-1)33-18-13-19-34(28-33)46-37-21-8-10-23-39(37)47(40-24-11-9-22-38(40)46)35-26-27-45-43(29-35)44-30-42(32-16-5-2-6-17-32)36-20-7-12-25-41(36)48(44)49-45/h1-30H/i1D,3D,4D,7D,12D,14D,15D,20D,25D,30D. The maximum Gasteiger partial charge on any atom is 0.143 e. The van der Waals surface area contributed by atoms with Crippen LogP contribution in [0.5, 0.6) is 0 Å². The van der Waals surface area contributed by atoms with Crippen LogP contribution in [-0.2, 0) is 0 Å². The third-order valence-corrected chi connectivity index (χ3v) is 9.33. The minimum absolute atomic E-state index is 0.101. The van der Waals surface area contributed by atoms with Crippen molar-refractivity contribution in [3.05, 3.63) is 182 Å². The highest BCUT2D eigenvalue weighted by Crippen LogP contribution is 2.46. The molecular formula is C48H30O. The van der Waals surface area contributed by atoms with Crippen molar-refractivity contribution < 1.29 is 18.1 Å². The van der Waals surface area contributed by atoms with Gasteiger partial charge in [-0.15, -0.1) is 0 Å². The molecule has 49 heavy (non-hydrogen) atoms. The third-order valence-electron chi connectivity index (χ3n) is 9.33. The summed E-state index contributed by atoms with van der Waals surface area (Å²) in [5.41, 5.74) is 5.93. The van der Waals surface area contributed by atoms with Crippen molar-refractivity contribution in [2.24, 2.45) is 0 Å². The molecule has 0 unspecified atom stereocenters. The number of benzene rings is 9. The normalized spacial score (nSPS) is 14.5. The SMILES string of the molecule is [2H]c1c([2H])c([2H])c(-c2cccc(-c3c4ccccc4c(-c4ccc5oc6c7c([2H])c([2H])c([2H])c([2H])c7c(-c7ccccc7)c([2H])c6c5c4)c4ccccc34)c2)c([2H])c1[2H]. The molecule has 0 fully saturated rings. The molecule has 0 aliphatic carbocycles. The molecule has 0 aliphatic rings. The molecule has 0 radical (unpaired) electrons. The second kappa shape index (κ2) is 11.1. The highest BCUT2D eigenvalue weighted by Gasteiger charge is 2.19. The van der Waals surface area contributed by atoms with Gasteiger partial charge in [-0.3, -0.25) is 0 Å². The Morgan fingerprint density at radius 3 is 1.63 bits per heavy atom. The topological polar surface area (TPSA) is 13.1 Å². The van der Waals surface area contributed by atoms with Gasteiger partial charge in [0.05, 0.1) is 13.7 Å². The van der Waals surface area contributed by atoms with Crippen molar-refractivity contribution in [1.29, 1.82) is 0 Å². The highest BCUT2D eigenvalue weighted by atomic mass is 16.3. The van der Waals surface area contributed by atoms with E-state index in [2.05, 4.69) is 24.3 Å². The van der Waals surface area contributed by atoms with Crippen molar-refractivity contribution in [3.8, 4) is 44.5 Å². The van der Waals surface area contributed by atoms with Crippen LogP contribution < -0.4 is 0 Å². The van der Waals surface area contributed by atoms with Gasteiger partial charge < -0.3 is 4.42 Å². The number of hydrogen-bond donors (Lipinski definition) is 0. The summed E-state index contributed by atoms with van der Waals surface area (Å²) < 4.78 is 93.2. The minimum atomic E-state index is -0.439. The van der Waals surface area contributed by atoms with E-state index in [4.69, 9.17) is 16.8 Å². The molecule has 0 amide bonds. The maximum absolute atomic E-state index is 9.68. The molecule has 0 spiro atoms. The fourth-order valence-electron chi connectivity index (χ4n) is 7.21. The Morgan fingerprint density at radius 2 is 0.939 bits per heavy atom. The van der Waals surface area contributed by atoms with Gasteiger partial charge in [0.2, 0.25) is 0 Å². The highest BCUT2D eigenvalue weighted by molar-refractivity contribution is 6.23. The van der Waals surface area contributed by atoms with Crippen LogP contribution in [0.4, 0.5) is 0 Å². The fraction of sp³-hybridized carbons (Fsp3) is 0. The van der Waals surface area contributed by atoms with Gasteiger partial charge >= 0.3 is 0 Å². The molecule has 1 heteroatoms. The van der Waals surface area contributed by atoms with Crippen LogP contribution in [-0.4, -0.2) is 0 Å². The molecule has 10 rings (SSSR count). The van der Waals surface area contributed by atoms with Crippen LogP contribution in [0.2, 0.25) is 0 Å². The van der Waals surface area contributed by atoms with Crippen LogP contribution in [0.25, 0.3) is 98.8 Å². The molecule has 9 aromatic carbocycles. The average molecular weight is 633 g/mol. The number of hydrogen-bond acceptors (Lipinski definition) is 1. The van der Waals surface area contributed by atoms with E-state index in [1.807, 2.05) is 91.0 Å². The Morgan fingerprint density at radius 1 is 0.367 bits per heavy atom. The molecule has 1 nitrogen and oxygen atoms in total. The summed E-state index contributed by atoms with van der Waals surface area (Å²) in [6.07, 6.45) is 0. The van der Waals surface area contributed by atoms with E-state index >= 15 is 0 Å². The van der Waals surface area contributed by atoms with Crippen molar-refractivity contribution in [2.75, 3.05) is 0 Å². The molecule has 0 saturated heterocycles. The van der Waals surface area contributed by atoms with E-state index in [9.17, 15) is 1.37 Å². The van der Waals surface area contributed by atoms with Gasteiger partial charge in [0, 0.05) is 16.2 Å². The predicted octanol–water partition coefficient (Wildman–Crippen LogP) is 13.7. The average Bonchev–Trinajstić information content (AvgIpc) is 3.65. The molecule has 10 aromatic rings. The smallest absolute Gasteiger partial charge is 0.143 e. The minimum Gasteiger partial charge on any atom is -0.455 e. The van der Waals surface area contributed by atoms with E-state index < -0.39 is 6.04 Å². The monoisotopic (exact) mass is 632 g/mol. The lowest BCUT2D eigenvalue weighted by Crippen LogP contribution is -1.91. The zero-order chi connectivity index (χ0) is 41.0. The van der Waals surface area contributed by atoms with Crippen LogP contribution in [0.3, 0.4) is 0 Å². The molecule has 0 N–H and O–H groups in total. The van der Waals surface area contributed by atoms with Gasteiger partial charge in [-0.2, -0.15) is 0 Å². The predicted molar refractivity (Wildman–Crippen MR) is 208 cm³/mol. The molecular weight excluding hydrogens is 593 g/mol. The van der Waals surface area contributed by atoms with E-state index in [1.54, 1.807) is 6.07 Å². The van der Waals surface area contributed by atoms with Crippen LogP contribution in [0, 0.1) is 0 Å². The van der Waals surface area contributed by atoms with E-state index in [1.165, 1.54) is 0 Å². The van der Waals surface area contributed by atoms with Gasteiger partial charge in [-0.25, -0.2) is 0 Å². The van der Waals surface area contributed by atoms with Gasteiger partial charge in [0.25, 0.3) is 0 Å². The summed E-state index contributed by atoms with van der Waals surface area (Å²) in [6, 6.07) is 35.8. The first kappa shape index (κ1) is 19.4. The molecule has 228 valence electrons. The molecule has 0 atom stereocenters. The zero-order valence-electron chi connectivity index (χ0n) is 36.0. The van der Waals surface area contributed by atoms with Crippen molar-refractivity contribution in [1.82, 2.24) is 0 Å². The molecule has 1 heterocycles. The van der Waals surface area contributed by atoms with Gasteiger partial charge in [-0.05, 0) is 95.7 Å². The number of fused-ring (bicyclic) bond motifs is 7. The summed E-state index contributed by atoms with van der Waals surface area (Å²) >= 11 is 0. The maximum atomic E-state index is 9.68. The third kappa shape index (κ3) is 4.40. The summed E-state index contributed by atoms with van der Waals surface area (Å²) in [5.74, 6) is 0. The first-order chi connectivity index (χ1) is 28.5. The lowest BCUT2D eigenvalue weighted by atomic mass is 9.85. The Kier molecular flexibility index (Phi) is 4.39. The van der Waals surface area contributed by atoms with Crippen LogP contribution in [0.1, 0.15) is 13.7 Å². The summed E-state index contributed by atoms with van der Waals surface area (Å²) in [7, 11) is 0. The Labute approximate surface area is 298 Å². The van der Waals surface area contributed by atoms with Crippen molar-refractivity contribution in [3.63, 3.8) is 0 Å². The van der Waals surface area contributed by atoms with E-state index in [0.717, 1.165) is 43.8 Å². The lowest BCUT2D eigenvalue weighted by Gasteiger charge is -2.18. The summed E-state index contributed by atoms with van der Waals surface area (Å²) in [5, 5.41) is 5.31. The second-order valence-electron chi connectivity index (χ2n) is 12.1. The van der Waals surface area contributed by atoms with Gasteiger partial charge in [0.15, 0.2) is 0 Å². The first-order valence-corrected chi connectivity index (χ1v) is 16.0.